The van der Waals surface area contributed by atoms with Crippen LogP contribution in [0.5, 0.6) is 5.75 Å². The third-order valence-corrected chi connectivity index (χ3v) is 3.54. The maximum absolute atomic E-state index is 12.3. The van der Waals surface area contributed by atoms with Crippen LogP contribution in [0.1, 0.15) is 38.1 Å². The van der Waals surface area contributed by atoms with Crippen LogP contribution < -0.4 is 10.1 Å². The van der Waals surface area contributed by atoms with Crippen molar-refractivity contribution in [2.75, 3.05) is 6.61 Å². The molecule has 0 bridgehead atoms. The minimum absolute atomic E-state index is 0.00358. The molecule has 20 heavy (non-hydrogen) atoms. The van der Waals surface area contributed by atoms with E-state index in [0.29, 0.717) is 11.3 Å². The Morgan fingerprint density at radius 1 is 1.35 bits per heavy atom. The maximum atomic E-state index is 12.3. The molecule has 1 aromatic carbocycles. The Morgan fingerprint density at radius 2 is 2.00 bits per heavy atom. The highest BCUT2D eigenvalue weighted by molar-refractivity contribution is 9.10. The van der Waals surface area contributed by atoms with Crippen molar-refractivity contribution in [1.29, 1.82) is 0 Å². The Bertz CT molecular complexity index is 462. The first-order valence-electron chi connectivity index (χ1n) is 6.73. The second-order valence-corrected chi connectivity index (χ2v) is 6.14. The molecule has 0 fully saturated rings. The van der Waals surface area contributed by atoms with Crippen molar-refractivity contribution in [3.8, 4) is 5.75 Å². The van der Waals surface area contributed by atoms with E-state index in [1.165, 1.54) is 0 Å². The van der Waals surface area contributed by atoms with Crippen molar-refractivity contribution in [1.82, 2.24) is 5.32 Å². The van der Waals surface area contributed by atoms with E-state index in [2.05, 4.69) is 21.2 Å². The summed E-state index contributed by atoms with van der Waals surface area (Å²) in [5.74, 6) is 0.362. The average molecular weight is 344 g/mol. The van der Waals surface area contributed by atoms with Crippen molar-refractivity contribution in [3.63, 3.8) is 0 Å². The van der Waals surface area contributed by atoms with Crippen LogP contribution in [0.4, 0.5) is 0 Å². The van der Waals surface area contributed by atoms with Gasteiger partial charge in [-0.1, -0.05) is 22.9 Å². The van der Waals surface area contributed by atoms with E-state index in [4.69, 9.17) is 9.84 Å². The number of ether oxygens (including phenoxy) is 1. The molecule has 0 aliphatic rings. The summed E-state index contributed by atoms with van der Waals surface area (Å²) in [6.45, 7) is 7.63. The number of halogens is 1. The molecule has 1 amide bonds. The molecule has 2 atom stereocenters. The molecule has 0 aliphatic carbocycles. The Morgan fingerprint density at radius 3 is 2.55 bits per heavy atom. The number of rotatable bonds is 6. The molecule has 1 rings (SSSR count). The summed E-state index contributed by atoms with van der Waals surface area (Å²) in [5.41, 5.74) is 0.499. The van der Waals surface area contributed by atoms with E-state index in [1.807, 2.05) is 33.8 Å². The zero-order chi connectivity index (χ0) is 15.3. The zero-order valence-electron chi connectivity index (χ0n) is 12.3. The summed E-state index contributed by atoms with van der Waals surface area (Å²) < 4.78 is 6.54. The second-order valence-electron chi connectivity index (χ2n) is 5.23. The van der Waals surface area contributed by atoms with Crippen LogP contribution in [0, 0.1) is 5.92 Å². The number of amides is 1. The largest absolute Gasteiger partial charge is 0.490 e. The minimum Gasteiger partial charge on any atom is -0.490 e. The maximum Gasteiger partial charge on any atom is 0.255 e. The molecule has 0 aromatic heterocycles. The summed E-state index contributed by atoms with van der Waals surface area (Å²) in [6.07, 6.45) is -0.00959. The average Bonchev–Trinajstić information content (AvgIpc) is 2.36. The molecule has 4 nitrogen and oxygen atoms in total. The summed E-state index contributed by atoms with van der Waals surface area (Å²) >= 11 is 3.38. The van der Waals surface area contributed by atoms with Gasteiger partial charge in [0.25, 0.3) is 5.91 Å². The number of aliphatic hydroxyl groups excluding tert-OH is 1. The monoisotopic (exact) mass is 343 g/mol. The van der Waals surface area contributed by atoms with Crippen LogP contribution in [-0.2, 0) is 0 Å². The number of benzene rings is 1. The van der Waals surface area contributed by atoms with E-state index in [-0.39, 0.29) is 30.6 Å². The highest BCUT2D eigenvalue weighted by Gasteiger charge is 2.18. The van der Waals surface area contributed by atoms with Crippen LogP contribution in [-0.4, -0.2) is 29.8 Å². The molecule has 5 heteroatoms. The quantitative estimate of drug-likeness (QED) is 0.834. The molecule has 0 spiro atoms. The van der Waals surface area contributed by atoms with Gasteiger partial charge in [-0.05, 0) is 44.9 Å². The predicted octanol–water partition coefficient (Wildman–Crippen LogP) is 2.98. The fourth-order valence-corrected chi connectivity index (χ4v) is 1.96. The summed E-state index contributed by atoms with van der Waals surface area (Å²) in [7, 11) is 0. The van der Waals surface area contributed by atoms with Crippen molar-refractivity contribution >= 4 is 21.8 Å². The number of carbonyl (C=O) groups excluding carboxylic acids is 1. The van der Waals surface area contributed by atoms with E-state index in [0.717, 1.165) is 4.47 Å². The lowest BCUT2D eigenvalue weighted by Gasteiger charge is -2.20. The van der Waals surface area contributed by atoms with Gasteiger partial charge in [0.1, 0.15) is 5.75 Å². The van der Waals surface area contributed by atoms with Gasteiger partial charge in [0.05, 0.1) is 11.7 Å². The van der Waals surface area contributed by atoms with Gasteiger partial charge < -0.3 is 15.2 Å². The lowest BCUT2D eigenvalue weighted by molar-refractivity contribution is 0.0910. The third-order valence-electron chi connectivity index (χ3n) is 3.05. The summed E-state index contributed by atoms with van der Waals surface area (Å²) in [5, 5.41) is 12.0. The fraction of sp³-hybridized carbons (Fsp3) is 0.533. The SMILES string of the molecule is CC(C)Oc1cc(Br)ccc1C(=O)NC(C)C(C)CO. The summed E-state index contributed by atoms with van der Waals surface area (Å²) in [4.78, 5) is 12.3. The van der Waals surface area contributed by atoms with Crippen molar-refractivity contribution in [2.45, 2.75) is 39.8 Å². The Kier molecular flexibility index (Phi) is 6.49. The Balaban J connectivity index is 2.92. The fourth-order valence-electron chi connectivity index (χ4n) is 1.62. The lowest BCUT2D eigenvalue weighted by atomic mass is 10.0. The number of hydrogen-bond acceptors (Lipinski definition) is 3. The normalized spacial score (nSPS) is 13.9. The number of aliphatic hydroxyl groups is 1. The standard InChI is InChI=1S/C15H22BrNO3/c1-9(2)20-14-7-12(16)5-6-13(14)15(19)17-11(4)10(3)8-18/h5-7,9-11,18H,8H2,1-4H3,(H,17,19). The van der Waals surface area contributed by atoms with Gasteiger partial charge >= 0.3 is 0 Å². The molecule has 0 aliphatic heterocycles. The minimum atomic E-state index is -0.194. The molecule has 0 saturated carbocycles. The van der Waals surface area contributed by atoms with Crippen LogP contribution in [0.2, 0.25) is 0 Å². The van der Waals surface area contributed by atoms with Gasteiger partial charge in [-0.15, -0.1) is 0 Å². The van der Waals surface area contributed by atoms with E-state index in [9.17, 15) is 4.79 Å². The molecule has 2 N–H and O–H groups in total. The first-order valence-corrected chi connectivity index (χ1v) is 7.52. The molecule has 0 heterocycles. The number of nitrogens with one attached hydrogen (secondary N) is 1. The Labute approximate surface area is 128 Å². The van der Waals surface area contributed by atoms with E-state index in [1.54, 1.807) is 12.1 Å². The van der Waals surface area contributed by atoms with Crippen LogP contribution >= 0.6 is 15.9 Å². The van der Waals surface area contributed by atoms with Crippen molar-refractivity contribution in [3.05, 3.63) is 28.2 Å². The molecule has 1 aromatic rings. The third kappa shape index (κ3) is 4.80. The van der Waals surface area contributed by atoms with Gasteiger partial charge in [-0.25, -0.2) is 0 Å². The van der Waals surface area contributed by atoms with Gasteiger partial charge in [0.15, 0.2) is 0 Å². The summed E-state index contributed by atoms with van der Waals surface area (Å²) in [6, 6.07) is 5.22. The number of hydrogen-bond donors (Lipinski definition) is 2. The van der Waals surface area contributed by atoms with E-state index < -0.39 is 0 Å². The van der Waals surface area contributed by atoms with Crippen molar-refractivity contribution in [2.24, 2.45) is 5.92 Å². The number of carbonyl (C=O) groups is 1. The molecular weight excluding hydrogens is 322 g/mol. The highest BCUT2D eigenvalue weighted by atomic mass is 79.9. The second kappa shape index (κ2) is 7.64. The molecule has 0 radical (unpaired) electrons. The Hall–Kier alpha value is -1.07. The van der Waals surface area contributed by atoms with Gasteiger partial charge in [0.2, 0.25) is 0 Å². The first kappa shape index (κ1) is 17.0. The predicted molar refractivity (Wildman–Crippen MR) is 83.1 cm³/mol. The van der Waals surface area contributed by atoms with E-state index >= 15 is 0 Å². The molecule has 0 saturated heterocycles. The van der Waals surface area contributed by atoms with Gasteiger partial charge in [-0.3, -0.25) is 4.79 Å². The smallest absolute Gasteiger partial charge is 0.255 e. The lowest BCUT2D eigenvalue weighted by Crippen LogP contribution is -2.38. The van der Waals surface area contributed by atoms with Crippen LogP contribution in [0.25, 0.3) is 0 Å². The molecule has 2 unspecified atom stereocenters. The zero-order valence-corrected chi connectivity index (χ0v) is 13.9. The molecule has 112 valence electrons. The van der Waals surface area contributed by atoms with Crippen LogP contribution in [0.3, 0.4) is 0 Å². The first-order chi connectivity index (χ1) is 9.35. The van der Waals surface area contributed by atoms with Crippen LogP contribution in [0.15, 0.2) is 22.7 Å². The van der Waals surface area contributed by atoms with Gasteiger partial charge in [-0.2, -0.15) is 0 Å². The molecular formula is C15H22BrNO3. The highest BCUT2D eigenvalue weighted by Crippen LogP contribution is 2.25. The van der Waals surface area contributed by atoms with Crippen molar-refractivity contribution < 1.29 is 14.6 Å². The topological polar surface area (TPSA) is 58.6 Å². The van der Waals surface area contributed by atoms with Gasteiger partial charge in [0, 0.05) is 17.1 Å².